The van der Waals surface area contributed by atoms with E-state index in [9.17, 15) is 14.7 Å². The minimum atomic E-state index is -1.04. The van der Waals surface area contributed by atoms with Crippen molar-refractivity contribution in [3.8, 4) is 11.1 Å². The average molecular weight is 618 g/mol. The third-order valence-corrected chi connectivity index (χ3v) is 8.19. The number of hydrogen-bond acceptors (Lipinski definition) is 8. The summed E-state index contributed by atoms with van der Waals surface area (Å²) >= 11 is 2.57. The molecule has 0 aliphatic heterocycles. The van der Waals surface area contributed by atoms with Crippen LogP contribution in [0.2, 0.25) is 0 Å². The highest BCUT2D eigenvalue weighted by molar-refractivity contribution is 7.98. The molecule has 4 aromatic carbocycles. The number of amides is 1. The number of nitrogens with two attached hydrogens (primary N) is 1. The van der Waals surface area contributed by atoms with Crippen molar-refractivity contribution in [1.29, 1.82) is 0 Å². The molecule has 0 aliphatic carbocycles. The van der Waals surface area contributed by atoms with Gasteiger partial charge in [-0.15, -0.1) is 9.32 Å². The number of hydrogen-bond donors (Lipinski definition) is 3. The summed E-state index contributed by atoms with van der Waals surface area (Å²) in [5, 5.41) is 12.5. The normalized spacial score (nSPS) is 11.6. The van der Waals surface area contributed by atoms with Crippen LogP contribution in [0.3, 0.4) is 0 Å². The SMILES string of the molecule is CSCC[C@H](NC(=O)c1ccc(CN(Cc2ccccc2)c2ccc(SOON)cc2)cc1-c1ccccc1C)C(=O)O. The second-order valence-corrected chi connectivity index (χ2v) is 11.7. The number of aliphatic carboxylic acids is 1. The van der Waals surface area contributed by atoms with Gasteiger partial charge in [0.25, 0.3) is 5.91 Å². The van der Waals surface area contributed by atoms with Crippen LogP contribution in [-0.2, 0) is 27.2 Å². The molecule has 0 aliphatic rings. The molecular formula is C33H35N3O5S2. The summed E-state index contributed by atoms with van der Waals surface area (Å²) in [4.78, 5) is 32.7. The minimum absolute atomic E-state index is 0.344. The summed E-state index contributed by atoms with van der Waals surface area (Å²) in [6.45, 7) is 3.23. The van der Waals surface area contributed by atoms with Gasteiger partial charge in [-0.2, -0.15) is 17.7 Å². The van der Waals surface area contributed by atoms with Crippen molar-refractivity contribution in [1.82, 2.24) is 5.32 Å². The second-order valence-electron chi connectivity index (χ2n) is 9.92. The number of thioether (sulfide) groups is 1. The van der Waals surface area contributed by atoms with Crippen LogP contribution in [0.15, 0.2) is 102 Å². The Morgan fingerprint density at radius 3 is 2.28 bits per heavy atom. The quantitative estimate of drug-likeness (QED) is 0.0768. The smallest absolute Gasteiger partial charge is 0.326 e. The van der Waals surface area contributed by atoms with Crippen LogP contribution in [0.25, 0.3) is 11.1 Å². The summed E-state index contributed by atoms with van der Waals surface area (Å²) in [7, 11) is 0. The first-order chi connectivity index (χ1) is 20.9. The number of nitrogens with one attached hydrogen (secondary N) is 1. The lowest BCUT2D eigenvalue weighted by Gasteiger charge is -2.26. The first-order valence-electron chi connectivity index (χ1n) is 13.7. The number of carbonyl (C=O) groups is 2. The van der Waals surface area contributed by atoms with E-state index in [1.54, 1.807) is 17.8 Å². The van der Waals surface area contributed by atoms with Gasteiger partial charge >= 0.3 is 5.97 Å². The van der Waals surface area contributed by atoms with Gasteiger partial charge in [0.2, 0.25) is 0 Å². The van der Waals surface area contributed by atoms with Crippen LogP contribution in [0, 0.1) is 6.92 Å². The van der Waals surface area contributed by atoms with Crippen LogP contribution in [-0.4, -0.2) is 35.0 Å². The Hall–Kier alpha value is -3.80. The summed E-state index contributed by atoms with van der Waals surface area (Å²) < 4.78 is 4.78. The molecule has 10 heteroatoms. The monoisotopic (exact) mass is 617 g/mol. The molecular weight excluding hydrogens is 583 g/mol. The average Bonchev–Trinajstić information content (AvgIpc) is 3.02. The van der Waals surface area contributed by atoms with E-state index in [0.29, 0.717) is 30.8 Å². The topological polar surface area (TPSA) is 114 Å². The van der Waals surface area contributed by atoms with Gasteiger partial charge in [-0.1, -0.05) is 60.7 Å². The lowest BCUT2D eigenvalue weighted by Crippen LogP contribution is -2.41. The van der Waals surface area contributed by atoms with Crippen LogP contribution in [0.5, 0.6) is 0 Å². The highest BCUT2D eigenvalue weighted by Gasteiger charge is 2.23. The first-order valence-corrected chi connectivity index (χ1v) is 15.8. The third kappa shape index (κ3) is 9.09. The lowest BCUT2D eigenvalue weighted by molar-refractivity contribution is -0.195. The number of anilines is 1. The van der Waals surface area contributed by atoms with Crippen LogP contribution in [0.4, 0.5) is 5.69 Å². The zero-order chi connectivity index (χ0) is 30.6. The minimum Gasteiger partial charge on any atom is -0.480 e. The lowest BCUT2D eigenvalue weighted by atomic mass is 9.93. The predicted octanol–water partition coefficient (Wildman–Crippen LogP) is 6.63. The van der Waals surface area contributed by atoms with Crippen molar-refractivity contribution in [2.45, 2.75) is 37.4 Å². The molecule has 0 fully saturated rings. The van der Waals surface area contributed by atoms with Gasteiger partial charge in [-0.05, 0) is 89.6 Å². The van der Waals surface area contributed by atoms with Gasteiger partial charge in [0.05, 0.1) is 12.0 Å². The third-order valence-electron chi connectivity index (χ3n) is 6.94. The predicted molar refractivity (Wildman–Crippen MR) is 173 cm³/mol. The van der Waals surface area contributed by atoms with E-state index in [4.69, 9.17) is 10.2 Å². The molecule has 0 radical (unpaired) electrons. The summed E-state index contributed by atoms with van der Waals surface area (Å²) in [6, 6.07) is 30.8. The fourth-order valence-electron chi connectivity index (χ4n) is 4.75. The molecule has 8 nitrogen and oxygen atoms in total. The Bertz CT molecular complexity index is 1500. The number of carboxylic acids is 1. The number of aryl methyl sites for hydroxylation is 1. The maximum atomic E-state index is 13.5. The van der Waals surface area contributed by atoms with E-state index in [1.807, 2.05) is 92.0 Å². The van der Waals surface area contributed by atoms with Crippen LogP contribution >= 0.6 is 23.8 Å². The summed E-state index contributed by atoms with van der Waals surface area (Å²) in [5.41, 5.74) is 6.28. The summed E-state index contributed by atoms with van der Waals surface area (Å²) in [6.07, 6.45) is 2.26. The van der Waals surface area contributed by atoms with Crippen LogP contribution < -0.4 is 16.1 Å². The van der Waals surface area contributed by atoms with E-state index in [1.165, 1.54) is 0 Å². The van der Waals surface area contributed by atoms with Crippen molar-refractivity contribution in [3.63, 3.8) is 0 Å². The molecule has 0 heterocycles. The van der Waals surface area contributed by atoms with Crippen molar-refractivity contribution in [2.24, 2.45) is 5.90 Å². The number of benzene rings is 4. The number of rotatable bonds is 15. The van der Waals surface area contributed by atoms with Crippen molar-refractivity contribution in [3.05, 3.63) is 119 Å². The molecule has 224 valence electrons. The molecule has 1 atom stereocenters. The largest absolute Gasteiger partial charge is 0.480 e. The Labute approximate surface area is 260 Å². The van der Waals surface area contributed by atoms with Gasteiger partial charge in [-0.3, -0.25) is 4.79 Å². The van der Waals surface area contributed by atoms with Crippen molar-refractivity contribution >= 4 is 41.4 Å². The van der Waals surface area contributed by atoms with Gasteiger partial charge in [0, 0.05) is 29.2 Å². The molecule has 43 heavy (non-hydrogen) atoms. The van der Waals surface area contributed by atoms with Crippen LogP contribution in [0.1, 0.15) is 33.5 Å². The zero-order valence-corrected chi connectivity index (χ0v) is 25.7. The van der Waals surface area contributed by atoms with E-state index in [2.05, 4.69) is 27.3 Å². The highest BCUT2D eigenvalue weighted by Crippen LogP contribution is 2.31. The molecule has 0 spiro atoms. The molecule has 0 unspecified atom stereocenters. The number of nitrogens with zero attached hydrogens (tertiary/aromatic N) is 1. The number of carboxylic acid groups (broad SMARTS) is 1. The molecule has 4 N–H and O–H groups in total. The molecule has 0 saturated heterocycles. The maximum absolute atomic E-state index is 13.5. The Balaban J connectivity index is 1.69. The van der Waals surface area contributed by atoms with Crippen molar-refractivity contribution < 1.29 is 24.0 Å². The fourth-order valence-corrected chi connectivity index (χ4v) is 5.59. The Morgan fingerprint density at radius 2 is 1.60 bits per heavy atom. The molecule has 1 amide bonds. The van der Waals surface area contributed by atoms with Gasteiger partial charge < -0.3 is 15.3 Å². The summed E-state index contributed by atoms with van der Waals surface area (Å²) in [5.74, 6) is 4.15. The maximum Gasteiger partial charge on any atom is 0.326 e. The molecule has 4 aromatic rings. The second kappa shape index (κ2) is 16.2. The van der Waals surface area contributed by atoms with Gasteiger partial charge in [0.15, 0.2) is 0 Å². The zero-order valence-electron chi connectivity index (χ0n) is 24.1. The molecule has 0 bridgehead atoms. The molecule has 4 rings (SSSR count). The van der Waals surface area contributed by atoms with E-state index < -0.39 is 17.9 Å². The Morgan fingerprint density at radius 1 is 0.907 bits per heavy atom. The Kier molecular flexibility index (Phi) is 12.1. The standard InChI is InChI=1S/C33H35N3O5S2/c1-23-8-6-7-11-28(23)30-20-25(12-17-29(30)32(37)35-31(33(38)39)18-19-42-2)22-36(21-24-9-4-3-5-10-24)26-13-15-27(16-14-26)43-41-40-34/h3-17,20,31H,18-19,21-22,34H2,1-2H3,(H,35,37)(H,38,39)/t31-/m0/s1. The van der Waals surface area contributed by atoms with Gasteiger partial charge in [-0.25, -0.2) is 4.79 Å². The number of carbonyl (C=O) groups excluding carboxylic acids is 1. The van der Waals surface area contributed by atoms with E-state index >= 15 is 0 Å². The van der Waals surface area contributed by atoms with Crippen molar-refractivity contribution in [2.75, 3.05) is 16.9 Å². The molecule has 0 aromatic heterocycles. The fraction of sp³-hybridized carbons (Fsp3) is 0.212. The first kappa shape index (κ1) is 32.1. The molecule has 0 saturated carbocycles. The van der Waals surface area contributed by atoms with E-state index in [-0.39, 0.29) is 0 Å². The van der Waals surface area contributed by atoms with E-state index in [0.717, 1.165) is 50.4 Å². The van der Waals surface area contributed by atoms with Gasteiger partial charge in [0.1, 0.15) is 6.04 Å². The highest BCUT2D eigenvalue weighted by atomic mass is 32.2.